The molecule has 0 saturated carbocycles. The summed E-state index contributed by atoms with van der Waals surface area (Å²) in [6, 6.07) is 16.2. The van der Waals surface area contributed by atoms with Gasteiger partial charge in [-0.05, 0) is 19.4 Å². The number of imidazole rings is 1. The summed E-state index contributed by atoms with van der Waals surface area (Å²) >= 11 is 0. The Morgan fingerprint density at radius 1 is 1.05 bits per heavy atom. The van der Waals surface area contributed by atoms with Crippen molar-refractivity contribution >= 4 is 0 Å². The fraction of sp³-hybridized carbons (Fsp3) is 0.167. The van der Waals surface area contributed by atoms with Crippen LogP contribution in [0.5, 0.6) is 0 Å². The fourth-order valence-corrected chi connectivity index (χ4v) is 2.49. The van der Waals surface area contributed by atoms with E-state index < -0.39 is 0 Å². The smallest absolute Gasteiger partial charge is 0.138 e. The van der Waals surface area contributed by atoms with Crippen molar-refractivity contribution in [2.24, 2.45) is 0 Å². The van der Waals surface area contributed by atoms with E-state index in [4.69, 9.17) is 10.2 Å². The Hall–Kier alpha value is -2.43. The molecule has 0 amide bonds. The highest BCUT2D eigenvalue weighted by molar-refractivity contribution is 5.69. The standard InChI is InChI=1S/C18H18N2O2/c1-12-7-9-14(10-8-12)17-16(11-22-21)19-18(20-17)15-6-4-3-5-13(15)2/h3-10,21H,11H2,1-2H3,(H,19,20). The monoisotopic (exact) mass is 294 g/mol. The van der Waals surface area contributed by atoms with E-state index in [-0.39, 0.29) is 6.61 Å². The zero-order chi connectivity index (χ0) is 15.5. The van der Waals surface area contributed by atoms with E-state index in [2.05, 4.69) is 9.87 Å². The number of hydrogen-bond donors (Lipinski definition) is 2. The molecule has 0 aliphatic rings. The largest absolute Gasteiger partial charge is 0.339 e. The number of aryl methyl sites for hydroxylation is 2. The van der Waals surface area contributed by atoms with E-state index in [1.165, 1.54) is 5.56 Å². The van der Waals surface area contributed by atoms with E-state index in [0.717, 1.165) is 33.9 Å². The second-order valence-corrected chi connectivity index (χ2v) is 5.37. The number of H-pyrrole nitrogens is 1. The molecule has 0 atom stereocenters. The van der Waals surface area contributed by atoms with Gasteiger partial charge in [-0.25, -0.2) is 9.87 Å². The third-order valence-electron chi connectivity index (χ3n) is 3.71. The van der Waals surface area contributed by atoms with Gasteiger partial charge in [0.1, 0.15) is 12.4 Å². The number of benzene rings is 2. The Balaban J connectivity index is 2.10. The quantitative estimate of drug-likeness (QED) is 0.555. The first kappa shape index (κ1) is 14.5. The maximum atomic E-state index is 8.82. The molecule has 0 aliphatic heterocycles. The molecule has 112 valence electrons. The maximum Gasteiger partial charge on any atom is 0.138 e. The molecule has 2 N–H and O–H groups in total. The SMILES string of the molecule is Cc1ccc(-c2nc(-c3ccccc3C)[nH]c2COO)cc1. The highest BCUT2D eigenvalue weighted by Crippen LogP contribution is 2.28. The highest BCUT2D eigenvalue weighted by Gasteiger charge is 2.14. The fourth-order valence-electron chi connectivity index (χ4n) is 2.49. The molecule has 22 heavy (non-hydrogen) atoms. The number of nitrogens with zero attached hydrogens (tertiary/aromatic N) is 1. The zero-order valence-corrected chi connectivity index (χ0v) is 12.6. The Bertz CT molecular complexity index is 776. The Morgan fingerprint density at radius 2 is 1.77 bits per heavy atom. The normalized spacial score (nSPS) is 10.9. The molecule has 3 aromatic rings. The van der Waals surface area contributed by atoms with Crippen LogP contribution in [0.2, 0.25) is 0 Å². The number of aromatic amines is 1. The summed E-state index contributed by atoms with van der Waals surface area (Å²) in [5, 5.41) is 8.82. The Morgan fingerprint density at radius 3 is 2.45 bits per heavy atom. The molecule has 0 bridgehead atoms. The lowest BCUT2D eigenvalue weighted by Gasteiger charge is -2.01. The van der Waals surface area contributed by atoms with Crippen LogP contribution in [0, 0.1) is 13.8 Å². The molecule has 0 saturated heterocycles. The van der Waals surface area contributed by atoms with Crippen molar-refractivity contribution in [1.29, 1.82) is 0 Å². The lowest BCUT2D eigenvalue weighted by Crippen LogP contribution is -1.91. The summed E-state index contributed by atoms with van der Waals surface area (Å²) in [5.41, 5.74) is 5.92. The molecule has 0 aliphatic carbocycles. The predicted octanol–water partition coefficient (Wildman–Crippen LogP) is 4.35. The second kappa shape index (κ2) is 6.13. The predicted molar refractivity (Wildman–Crippen MR) is 86.4 cm³/mol. The first-order valence-electron chi connectivity index (χ1n) is 7.17. The molecule has 2 aromatic carbocycles. The molecule has 0 spiro atoms. The molecule has 1 aromatic heterocycles. The third-order valence-corrected chi connectivity index (χ3v) is 3.71. The first-order chi connectivity index (χ1) is 10.7. The average Bonchev–Trinajstić information content (AvgIpc) is 2.93. The number of rotatable bonds is 4. The summed E-state index contributed by atoms with van der Waals surface area (Å²) in [7, 11) is 0. The van der Waals surface area contributed by atoms with Gasteiger partial charge in [0.25, 0.3) is 0 Å². The van der Waals surface area contributed by atoms with Gasteiger partial charge in [0.05, 0.1) is 11.4 Å². The van der Waals surface area contributed by atoms with E-state index in [9.17, 15) is 0 Å². The minimum absolute atomic E-state index is 0.0715. The molecule has 0 unspecified atom stereocenters. The summed E-state index contributed by atoms with van der Waals surface area (Å²) in [6.45, 7) is 4.17. The highest BCUT2D eigenvalue weighted by atomic mass is 17.1. The molecular formula is C18H18N2O2. The topological polar surface area (TPSA) is 58.1 Å². The van der Waals surface area contributed by atoms with E-state index in [1.54, 1.807) is 0 Å². The van der Waals surface area contributed by atoms with Crippen molar-refractivity contribution < 1.29 is 10.1 Å². The summed E-state index contributed by atoms with van der Waals surface area (Å²) in [6.07, 6.45) is 0. The number of hydrogen-bond acceptors (Lipinski definition) is 3. The van der Waals surface area contributed by atoms with Gasteiger partial charge in [-0.1, -0.05) is 54.1 Å². The average molecular weight is 294 g/mol. The maximum absolute atomic E-state index is 8.82. The summed E-state index contributed by atoms with van der Waals surface area (Å²) < 4.78 is 0. The van der Waals surface area contributed by atoms with Crippen molar-refractivity contribution in [3.8, 4) is 22.6 Å². The number of nitrogens with one attached hydrogen (secondary N) is 1. The van der Waals surface area contributed by atoms with Gasteiger partial charge < -0.3 is 4.98 Å². The minimum Gasteiger partial charge on any atom is -0.339 e. The molecule has 0 fully saturated rings. The molecule has 4 heteroatoms. The summed E-state index contributed by atoms with van der Waals surface area (Å²) in [4.78, 5) is 12.3. The van der Waals surface area contributed by atoms with Gasteiger partial charge in [-0.15, -0.1) is 0 Å². The van der Waals surface area contributed by atoms with Crippen LogP contribution >= 0.6 is 0 Å². The van der Waals surface area contributed by atoms with Crippen molar-refractivity contribution in [2.75, 3.05) is 0 Å². The van der Waals surface area contributed by atoms with Gasteiger partial charge in [0.2, 0.25) is 0 Å². The molecular weight excluding hydrogens is 276 g/mol. The van der Waals surface area contributed by atoms with Crippen molar-refractivity contribution in [3.05, 3.63) is 65.4 Å². The zero-order valence-electron chi connectivity index (χ0n) is 12.6. The first-order valence-corrected chi connectivity index (χ1v) is 7.17. The van der Waals surface area contributed by atoms with E-state index in [0.29, 0.717) is 0 Å². The minimum atomic E-state index is 0.0715. The van der Waals surface area contributed by atoms with Gasteiger partial charge in [0.15, 0.2) is 0 Å². The van der Waals surface area contributed by atoms with Crippen LogP contribution in [0.15, 0.2) is 48.5 Å². The summed E-state index contributed by atoms with van der Waals surface area (Å²) in [5.74, 6) is 0.778. The van der Waals surface area contributed by atoms with Crippen LogP contribution in [0.25, 0.3) is 22.6 Å². The molecule has 1 heterocycles. The lowest BCUT2D eigenvalue weighted by atomic mass is 10.1. The Labute approximate surface area is 129 Å². The van der Waals surface area contributed by atoms with Gasteiger partial charge in [-0.3, -0.25) is 5.26 Å². The van der Waals surface area contributed by atoms with Crippen molar-refractivity contribution in [3.63, 3.8) is 0 Å². The van der Waals surface area contributed by atoms with Crippen LogP contribution in [0.4, 0.5) is 0 Å². The van der Waals surface area contributed by atoms with Crippen molar-refractivity contribution in [2.45, 2.75) is 20.5 Å². The van der Waals surface area contributed by atoms with Gasteiger partial charge >= 0.3 is 0 Å². The molecule has 4 nitrogen and oxygen atoms in total. The van der Waals surface area contributed by atoms with E-state index >= 15 is 0 Å². The number of aromatic nitrogens is 2. The molecule has 0 radical (unpaired) electrons. The van der Waals surface area contributed by atoms with E-state index in [1.807, 2.05) is 62.4 Å². The van der Waals surface area contributed by atoms with Crippen LogP contribution in [0.3, 0.4) is 0 Å². The Kier molecular flexibility index (Phi) is 4.04. The molecule has 3 rings (SSSR count). The second-order valence-electron chi connectivity index (χ2n) is 5.37. The van der Waals surface area contributed by atoms with Crippen LogP contribution < -0.4 is 0 Å². The van der Waals surface area contributed by atoms with Gasteiger partial charge in [0, 0.05) is 11.1 Å². The van der Waals surface area contributed by atoms with Gasteiger partial charge in [-0.2, -0.15) is 0 Å². The van der Waals surface area contributed by atoms with Crippen molar-refractivity contribution in [1.82, 2.24) is 9.97 Å². The third kappa shape index (κ3) is 2.79. The van der Waals surface area contributed by atoms with Crippen LogP contribution in [-0.4, -0.2) is 15.2 Å². The lowest BCUT2D eigenvalue weighted by molar-refractivity contribution is -0.253. The van der Waals surface area contributed by atoms with Crippen LogP contribution in [0.1, 0.15) is 16.8 Å². The van der Waals surface area contributed by atoms with Crippen LogP contribution in [-0.2, 0) is 11.5 Å².